The lowest BCUT2D eigenvalue weighted by Gasteiger charge is -2.35. The topological polar surface area (TPSA) is 61.9 Å². The van der Waals surface area contributed by atoms with Crippen LogP contribution in [0.15, 0.2) is 16.3 Å². The fraction of sp³-hybridized carbons (Fsp3) is 0.643. The Morgan fingerprint density at radius 3 is 2.71 bits per heavy atom. The highest BCUT2D eigenvalue weighted by Gasteiger charge is 2.30. The monoisotopic (exact) mass is 409 g/mol. The SMILES string of the molecule is O=S(=O)(c1ccc(Cl)s1)N1CCN(C(=S)NC[C@@H]2CCCO2)CC1. The summed E-state index contributed by atoms with van der Waals surface area (Å²) in [5, 5.41) is 3.90. The third kappa shape index (κ3) is 4.20. The van der Waals surface area contributed by atoms with Gasteiger partial charge in [-0.15, -0.1) is 11.3 Å². The molecule has 3 rings (SSSR count). The van der Waals surface area contributed by atoms with E-state index in [1.165, 1.54) is 4.31 Å². The van der Waals surface area contributed by atoms with Crippen molar-refractivity contribution in [1.29, 1.82) is 0 Å². The van der Waals surface area contributed by atoms with E-state index in [1.807, 2.05) is 4.90 Å². The molecule has 2 fully saturated rings. The molecule has 2 aliphatic rings. The predicted octanol–water partition coefficient (Wildman–Crippen LogP) is 1.76. The molecule has 1 aromatic rings. The second kappa shape index (κ2) is 7.84. The summed E-state index contributed by atoms with van der Waals surface area (Å²) >= 11 is 12.4. The first kappa shape index (κ1) is 18.3. The van der Waals surface area contributed by atoms with Crippen LogP contribution >= 0.6 is 35.2 Å². The van der Waals surface area contributed by atoms with Crippen LogP contribution in [0.3, 0.4) is 0 Å². The minimum absolute atomic E-state index is 0.230. The Balaban J connectivity index is 1.50. The van der Waals surface area contributed by atoms with Crippen molar-refractivity contribution in [2.45, 2.75) is 23.2 Å². The van der Waals surface area contributed by atoms with Crippen molar-refractivity contribution >= 4 is 50.3 Å². The zero-order valence-corrected chi connectivity index (χ0v) is 16.3. The maximum absolute atomic E-state index is 12.6. The van der Waals surface area contributed by atoms with E-state index in [0.29, 0.717) is 46.4 Å². The molecule has 2 aliphatic heterocycles. The van der Waals surface area contributed by atoms with Gasteiger partial charge in [-0.3, -0.25) is 0 Å². The normalized spacial score (nSPS) is 22.7. The number of nitrogens with zero attached hydrogens (tertiary/aromatic N) is 2. The number of piperazine rings is 1. The minimum atomic E-state index is -3.46. The Bertz CT molecular complexity index is 680. The fourth-order valence-electron chi connectivity index (χ4n) is 2.81. The number of halogens is 1. The molecular weight excluding hydrogens is 390 g/mol. The highest BCUT2D eigenvalue weighted by Crippen LogP contribution is 2.28. The first-order valence-electron chi connectivity index (χ1n) is 7.87. The lowest BCUT2D eigenvalue weighted by atomic mass is 10.2. The van der Waals surface area contributed by atoms with Crippen molar-refractivity contribution in [3.63, 3.8) is 0 Å². The van der Waals surface area contributed by atoms with E-state index in [2.05, 4.69) is 5.32 Å². The van der Waals surface area contributed by atoms with Crippen LogP contribution < -0.4 is 5.32 Å². The van der Waals surface area contributed by atoms with E-state index >= 15 is 0 Å². The van der Waals surface area contributed by atoms with Gasteiger partial charge < -0.3 is 15.0 Å². The predicted molar refractivity (Wildman–Crippen MR) is 99.2 cm³/mol. The highest BCUT2D eigenvalue weighted by molar-refractivity contribution is 7.91. The summed E-state index contributed by atoms with van der Waals surface area (Å²) < 4.78 is 33.0. The van der Waals surface area contributed by atoms with Crippen molar-refractivity contribution in [3.8, 4) is 0 Å². The lowest BCUT2D eigenvalue weighted by molar-refractivity contribution is 0.113. The smallest absolute Gasteiger partial charge is 0.252 e. The molecular formula is C14H20ClN3O3S3. The lowest BCUT2D eigenvalue weighted by Crippen LogP contribution is -2.53. The average molecular weight is 410 g/mol. The number of nitrogens with one attached hydrogen (secondary N) is 1. The summed E-state index contributed by atoms with van der Waals surface area (Å²) in [6.07, 6.45) is 2.39. The van der Waals surface area contributed by atoms with Gasteiger partial charge in [-0.25, -0.2) is 8.42 Å². The summed E-state index contributed by atoms with van der Waals surface area (Å²) in [7, 11) is -3.46. The first-order chi connectivity index (χ1) is 11.5. The van der Waals surface area contributed by atoms with Gasteiger partial charge in [0.2, 0.25) is 0 Å². The van der Waals surface area contributed by atoms with Crippen LogP contribution in [0.2, 0.25) is 4.34 Å². The molecule has 0 aromatic carbocycles. The molecule has 0 amide bonds. The van der Waals surface area contributed by atoms with Crippen molar-refractivity contribution in [2.75, 3.05) is 39.3 Å². The van der Waals surface area contributed by atoms with Gasteiger partial charge in [-0.1, -0.05) is 11.6 Å². The third-order valence-corrected chi connectivity index (χ3v) is 8.17. The Morgan fingerprint density at radius 2 is 2.12 bits per heavy atom. The number of thiocarbonyl (C=S) groups is 1. The summed E-state index contributed by atoms with van der Waals surface area (Å²) in [5.74, 6) is 0. The molecule has 1 aromatic heterocycles. The van der Waals surface area contributed by atoms with E-state index in [4.69, 9.17) is 28.6 Å². The van der Waals surface area contributed by atoms with Gasteiger partial charge in [0.1, 0.15) is 4.21 Å². The van der Waals surface area contributed by atoms with Crippen LogP contribution in [-0.4, -0.2) is 68.2 Å². The Hall–Kier alpha value is -0.450. The number of sulfonamides is 1. The Labute approximate surface area is 156 Å². The standard InChI is InChI=1S/C14H20ClN3O3S3/c15-12-3-4-13(23-12)24(19,20)18-7-5-17(6-8-18)14(22)16-10-11-2-1-9-21-11/h3-4,11H,1-2,5-10H2,(H,16,22)/t11-/m0/s1. The fourth-order valence-corrected chi connectivity index (χ4v) is 6.14. The molecule has 10 heteroatoms. The molecule has 0 saturated carbocycles. The molecule has 2 saturated heterocycles. The van der Waals surface area contributed by atoms with Gasteiger partial charge in [0.25, 0.3) is 10.0 Å². The molecule has 1 N–H and O–H groups in total. The van der Waals surface area contributed by atoms with E-state index in [9.17, 15) is 8.42 Å². The van der Waals surface area contributed by atoms with Crippen LogP contribution in [0.5, 0.6) is 0 Å². The highest BCUT2D eigenvalue weighted by atomic mass is 35.5. The molecule has 0 bridgehead atoms. The minimum Gasteiger partial charge on any atom is -0.376 e. The largest absolute Gasteiger partial charge is 0.376 e. The van der Waals surface area contributed by atoms with Crippen LogP contribution in [0.1, 0.15) is 12.8 Å². The Morgan fingerprint density at radius 1 is 1.38 bits per heavy atom. The van der Waals surface area contributed by atoms with Gasteiger partial charge in [0.05, 0.1) is 10.4 Å². The quantitative estimate of drug-likeness (QED) is 0.764. The number of ether oxygens (including phenoxy) is 1. The van der Waals surface area contributed by atoms with Crippen molar-refractivity contribution < 1.29 is 13.2 Å². The summed E-state index contributed by atoms with van der Waals surface area (Å²) in [4.78, 5) is 2.01. The second-order valence-electron chi connectivity index (χ2n) is 5.77. The third-order valence-electron chi connectivity index (χ3n) is 4.17. The molecule has 0 unspecified atom stereocenters. The average Bonchev–Trinajstić information content (AvgIpc) is 3.24. The molecule has 1 atom stereocenters. The zero-order chi connectivity index (χ0) is 17.2. The van der Waals surface area contributed by atoms with Gasteiger partial charge in [-0.05, 0) is 37.2 Å². The molecule has 6 nitrogen and oxygen atoms in total. The maximum Gasteiger partial charge on any atom is 0.252 e. The number of hydrogen-bond acceptors (Lipinski definition) is 5. The van der Waals surface area contributed by atoms with E-state index in [0.717, 1.165) is 30.8 Å². The van der Waals surface area contributed by atoms with E-state index in [1.54, 1.807) is 12.1 Å². The molecule has 134 valence electrons. The number of thiophene rings is 1. The summed E-state index contributed by atoms with van der Waals surface area (Å²) in [6, 6.07) is 3.17. The van der Waals surface area contributed by atoms with Gasteiger partial charge in [-0.2, -0.15) is 4.31 Å². The van der Waals surface area contributed by atoms with Gasteiger partial charge >= 0.3 is 0 Å². The molecule has 0 aliphatic carbocycles. The number of hydrogen-bond donors (Lipinski definition) is 1. The van der Waals surface area contributed by atoms with Crippen LogP contribution in [0, 0.1) is 0 Å². The van der Waals surface area contributed by atoms with Gasteiger partial charge in [0.15, 0.2) is 5.11 Å². The van der Waals surface area contributed by atoms with Crippen LogP contribution in [-0.2, 0) is 14.8 Å². The Kier molecular flexibility index (Phi) is 5.99. The molecule has 0 spiro atoms. The first-order valence-corrected chi connectivity index (χ1v) is 10.9. The van der Waals surface area contributed by atoms with E-state index in [-0.39, 0.29) is 6.10 Å². The molecule has 3 heterocycles. The zero-order valence-electron chi connectivity index (χ0n) is 13.1. The van der Waals surface area contributed by atoms with Gasteiger partial charge in [0, 0.05) is 39.3 Å². The second-order valence-corrected chi connectivity index (χ2v) is 10.0. The maximum atomic E-state index is 12.6. The van der Waals surface area contributed by atoms with Crippen LogP contribution in [0.25, 0.3) is 0 Å². The summed E-state index contributed by atoms with van der Waals surface area (Å²) in [6.45, 7) is 3.53. The molecule has 24 heavy (non-hydrogen) atoms. The van der Waals surface area contributed by atoms with E-state index < -0.39 is 10.0 Å². The van der Waals surface area contributed by atoms with Crippen LogP contribution in [0.4, 0.5) is 0 Å². The summed E-state index contributed by atoms with van der Waals surface area (Å²) in [5.41, 5.74) is 0. The van der Waals surface area contributed by atoms with Crippen molar-refractivity contribution in [3.05, 3.63) is 16.5 Å². The molecule has 0 radical (unpaired) electrons. The van der Waals surface area contributed by atoms with Crippen molar-refractivity contribution in [1.82, 2.24) is 14.5 Å². The number of rotatable bonds is 4. The van der Waals surface area contributed by atoms with Crippen molar-refractivity contribution in [2.24, 2.45) is 0 Å².